The predicted octanol–water partition coefficient (Wildman–Crippen LogP) is 1.85. The number of aromatic hydroxyl groups is 1. The van der Waals surface area contributed by atoms with Crippen LogP contribution in [0.3, 0.4) is 0 Å². The van der Waals surface area contributed by atoms with Crippen molar-refractivity contribution < 1.29 is 19.8 Å². The average molecular weight is 283 g/mol. The third kappa shape index (κ3) is 5.65. The molecule has 0 heterocycles. The van der Waals surface area contributed by atoms with Gasteiger partial charge in [-0.3, -0.25) is 4.79 Å². The Hall–Kier alpha value is -1.69. The molecule has 0 fully saturated rings. The molecule has 19 heavy (non-hydrogen) atoms. The lowest BCUT2D eigenvalue weighted by molar-refractivity contribution is -0.141. The Balaban J connectivity index is 2.42. The number of nitrogens with one attached hydrogen (secondary N) is 1. The van der Waals surface area contributed by atoms with Gasteiger partial charge in [0.1, 0.15) is 11.8 Å². The van der Waals surface area contributed by atoms with Crippen LogP contribution in [0.1, 0.15) is 19.8 Å². The molecular formula is C13H17NO4S. The summed E-state index contributed by atoms with van der Waals surface area (Å²) in [7, 11) is 0. The zero-order chi connectivity index (χ0) is 14.3. The highest BCUT2D eigenvalue weighted by Gasteiger charge is 2.18. The minimum absolute atomic E-state index is 0.151. The molecule has 104 valence electrons. The van der Waals surface area contributed by atoms with E-state index in [1.165, 1.54) is 23.9 Å². The van der Waals surface area contributed by atoms with Crippen LogP contribution in [0.25, 0.3) is 0 Å². The van der Waals surface area contributed by atoms with Crippen molar-refractivity contribution in [2.75, 3.05) is 5.75 Å². The fraction of sp³-hybridized carbons (Fsp3) is 0.385. The topological polar surface area (TPSA) is 86.6 Å². The van der Waals surface area contributed by atoms with Crippen LogP contribution in [0, 0.1) is 0 Å². The number of phenolic OH excluding ortho intramolecular Hbond substituents is 1. The summed E-state index contributed by atoms with van der Waals surface area (Å²) in [4.78, 5) is 23.4. The minimum Gasteiger partial charge on any atom is -0.508 e. The van der Waals surface area contributed by atoms with Crippen molar-refractivity contribution in [2.24, 2.45) is 0 Å². The molecule has 0 spiro atoms. The second kappa shape index (κ2) is 7.68. The molecule has 3 N–H and O–H groups in total. The van der Waals surface area contributed by atoms with Gasteiger partial charge in [0.15, 0.2) is 0 Å². The number of carbonyl (C=O) groups excluding carboxylic acids is 1. The number of carboxylic acids is 1. The molecule has 0 bridgehead atoms. The molecule has 5 nitrogen and oxygen atoms in total. The maximum atomic E-state index is 11.6. The molecule has 0 aliphatic carbocycles. The molecule has 0 aromatic heterocycles. The summed E-state index contributed by atoms with van der Waals surface area (Å²) < 4.78 is 0. The largest absolute Gasteiger partial charge is 0.508 e. The van der Waals surface area contributed by atoms with Crippen LogP contribution in [0.2, 0.25) is 0 Å². The maximum Gasteiger partial charge on any atom is 0.326 e. The predicted molar refractivity (Wildman–Crippen MR) is 73.3 cm³/mol. The van der Waals surface area contributed by atoms with E-state index in [9.17, 15) is 9.59 Å². The normalized spacial score (nSPS) is 11.8. The molecular weight excluding hydrogens is 266 g/mol. The molecule has 1 unspecified atom stereocenters. The number of phenols is 1. The highest BCUT2D eigenvalue weighted by Crippen LogP contribution is 2.20. The smallest absolute Gasteiger partial charge is 0.326 e. The van der Waals surface area contributed by atoms with Crippen molar-refractivity contribution in [1.29, 1.82) is 0 Å². The highest BCUT2D eigenvalue weighted by atomic mass is 32.2. The van der Waals surface area contributed by atoms with Crippen LogP contribution >= 0.6 is 11.8 Å². The number of hydrogen-bond donors (Lipinski definition) is 3. The van der Waals surface area contributed by atoms with Gasteiger partial charge >= 0.3 is 5.97 Å². The number of carbonyl (C=O) groups is 2. The van der Waals surface area contributed by atoms with Crippen molar-refractivity contribution in [3.05, 3.63) is 24.3 Å². The van der Waals surface area contributed by atoms with Gasteiger partial charge in [0, 0.05) is 4.90 Å². The van der Waals surface area contributed by atoms with E-state index in [4.69, 9.17) is 10.2 Å². The second-order valence-corrected chi connectivity index (χ2v) is 5.08. The molecule has 1 aromatic rings. The number of rotatable bonds is 7. The quantitative estimate of drug-likeness (QED) is 0.665. The van der Waals surface area contributed by atoms with E-state index in [1.807, 2.05) is 6.92 Å². The summed E-state index contributed by atoms with van der Waals surface area (Å²) in [5.74, 6) is -0.996. The molecule has 0 radical (unpaired) electrons. The molecule has 0 saturated heterocycles. The Morgan fingerprint density at radius 3 is 2.47 bits per heavy atom. The Kier molecular flexibility index (Phi) is 6.21. The van der Waals surface area contributed by atoms with Gasteiger partial charge in [-0.25, -0.2) is 4.79 Å². The third-order valence-electron chi connectivity index (χ3n) is 2.42. The molecule has 1 atom stereocenters. The highest BCUT2D eigenvalue weighted by molar-refractivity contribution is 8.00. The maximum absolute atomic E-state index is 11.6. The van der Waals surface area contributed by atoms with Crippen LogP contribution in [0.4, 0.5) is 0 Å². The number of aliphatic carboxylic acids is 1. The first-order chi connectivity index (χ1) is 9.02. The van der Waals surface area contributed by atoms with Crippen LogP contribution < -0.4 is 5.32 Å². The monoisotopic (exact) mass is 283 g/mol. The summed E-state index contributed by atoms with van der Waals surface area (Å²) in [5.41, 5.74) is 0. The van der Waals surface area contributed by atoms with Crippen molar-refractivity contribution in [3.8, 4) is 5.75 Å². The molecule has 1 amide bonds. The number of carboxylic acid groups (broad SMARTS) is 1. The van der Waals surface area contributed by atoms with Crippen molar-refractivity contribution in [2.45, 2.75) is 30.7 Å². The summed E-state index contributed by atoms with van der Waals surface area (Å²) in [6, 6.07) is 5.66. The van der Waals surface area contributed by atoms with E-state index >= 15 is 0 Å². The Labute approximate surface area is 116 Å². The Bertz CT molecular complexity index is 433. The number of amides is 1. The molecule has 0 aliphatic heterocycles. The third-order valence-corrected chi connectivity index (χ3v) is 3.43. The van der Waals surface area contributed by atoms with Gasteiger partial charge in [-0.15, -0.1) is 11.8 Å². The first kappa shape index (κ1) is 15.4. The summed E-state index contributed by atoms with van der Waals surface area (Å²) in [6.07, 6.45) is 1.12. The van der Waals surface area contributed by atoms with Gasteiger partial charge in [0.25, 0.3) is 0 Å². The van der Waals surface area contributed by atoms with Crippen molar-refractivity contribution >= 4 is 23.6 Å². The number of hydrogen-bond acceptors (Lipinski definition) is 4. The van der Waals surface area contributed by atoms with E-state index in [-0.39, 0.29) is 17.4 Å². The Morgan fingerprint density at radius 2 is 1.95 bits per heavy atom. The zero-order valence-electron chi connectivity index (χ0n) is 10.6. The standard InChI is InChI=1S/C13H17NO4S/c1-2-3-11(13(17)18)14-12(16)8-19-10-6-4-9(15)5-7-10/h4-7,11,15H,2-3,8H2,1H3,(H,14,16)(H,17,18). The summed E-state index contributed by atoms with van der Waals surface area (Å²) >= 11 is 1.29. The summed E-state index contributed by atoms with van der Waals surface area (Å²) in [6.45, 7) is 1.87. The van der Waals surface area contributed by atoms with Crippen LogP contribution in [0.5, 0.6) is 5.75 Å². The van der Waals surface area contributed by atoms with E-state index in [2.05, 4.69) is 5.32 Å². The van der Waals surface area contributed by atoms with Crippen LogP contribution in [-0.2, 0) is 9.59 Å². The summed E-state index contributed by atoms with van der Waals surface area (Å²) in [5, 5.41) is 20.5. The lowest BCUT2D eigenvalue weighted by Gasteiger charge is -2.13. The molecule has 0 saturated carbocycles. The van der Waals surface area contributed by atoms with E-state index in [1.54, 1.807) is 12.1 Å². The number of benzene rings is 1. The van der Waals surface area contributed by atoms with E-state index in [0.717, 1.165) is 4.90 Å². The zero-order valence-corrected chi connectivity index (χ0v) is 11.4. The molecule has 1 rings (SSSR count). The van der Waals surface area contributed by atoms with Gasteiger partial charge in [-0.1, -0.05) is 13.3 Å². The first-order valence-corrected chi connectivity index (χ1v) is 6.95. The van der Waals surface area contributed by atoms with Crippen LogP contribution in [-0.4, -0.2) is 33.9 Å². The van der Waals surface area contributed by atoms with Crippen molar-refractivity contribution in [1.82, 2.24) is 5.32 Å². The Morgan fingerprint density at radius 1 is 1.32 bits per heavy atom. The lowest BCUT2D eigenvalue weighted by atomic mass is 10.2. The SMILES string of the molecule is CCCC(NC(=O)CSc1ccc(O)cc1)C(=O)O. The van der Waals surface area contributed by atoms with E-state index in [0.29, 0.717) is 12.8 Å². The second-order valence-electron chi connectivity index (χ2n) is 4.03. The van der Waals surface area contributed by atoms with Gasteiger partial charge in [0.05, 0.1) is 5.75 Å². The fourth-order valence-electron chi connectivity index (χ4n) is 1.47. The molecule has 1 aromatic carbocycles. The minimum atomic E-state index is -1.01. The lowest BCUT2D eigenvalue weighted by Crippen LogP contribution is -2.41. The molecule has 0 aliphatic rings. The first-order valence-electron chi connectivity index (χ1n) is 5.97. The van der Waals surface area contributed by atoms with Crippen LogP contribution in [0.15, 0.2) is 29.2 Å². The number of thioether (sulfide) groups is 1. The van der Waals surface area contributed by atoms with Gasteiger partial charge in [-0.05, 0) is 30.7 Å². The average Bonchev–Trinajstić information content (AvgIpc) is 2.37. The van der Waals surface area contributed by atoms with Gasteiger partial charge < -0.3 is 15.5 Å². The van der Waals surface area contributed by atoms with Crippen molar-refractivity contribution in [3.63, 3.8) is 0 Å². The van der Waals surface area contributed by atoms with Gasteiger partial charge in [0.2, 0.25) is 5.91 Å². The van der Waals surface area contributed by atoms with Gasteiger partial charge in [-0.2, -0.15) is 0 Å². The fourth-order valence-corrected chi connectivity index (χ4v) is 2.18. The molecule has 6 heteroatoms. The van der Waals surface area contributed by atoms with E-state index < -0.39 is 12.0 Å².